The Kier molecular flexibility index (Phi) is 9.98. The van der Waals surface area contributed by atoms with Gasteiger partial charge < -0.3 is 14.2 Å². The number of thiazole rings is 1. The Balaban J connectivity index is 1.50. The second kappa shape index (κ2) is 14.1. The molecule has 1 atom stereocenters. The van der Waals surface area contributed by atoms with Gasteiger partial charge in [0.1, 0.15) is 28.8 Å². The van der Waals surface area contributed by atoms with Crippen LogP contribution in [0.5, 0.6) is 11.5 Å². The average Bonchev–Trinajstić information content (AvgIpc) is 3.64. The minimum absolute atomic E-state index is 0.0714. The smallest absolute Gasteiger partial charge is 0.197 e. The predicted octanol–water partition coefficient (Wildman–Crippen LogP) is 5.38. The van der Waals surface area contributed by atoms with Crippen LogP contribution in [0.25, 0.3) is 16.5 Å². The summed E-state index contributed by atoms with van der Waals surface area (Å²) in [7, 11) is -0.855. The van der Waals surface area contributed by atoms with Crippen LogP contribution in [0.2, 0.25) is 0 Å². The molecule has 13 heteroatoms. The van der Waals surface area contributed by atoms with Crippen molar-refractivity contribution in [3.63, 3.8) is 0 Å². The number of sulfone groups is 1. The standard InChI is InChI=1S/C31H32FN5O5S2/c1-21-19-43-31(34-21)30-36-35-28(37(30)29-26(40-2)10-7-11-27(29)41-3)20-44(38,39)25(16-24-13-12-23(32)17-33-24)14-15-42-18-22-8-5-4-6-9-22/h4-13,17,19,25H,14-16,18,20H2,1-3H3/t25-/m1/s1. The van der Waals surface area contributed by atoms with Crippen molar-refractivity contribution in [3.05, 3.63) is 101 Å². The van der Waals surface area contributed by atoms with Gasteiger partial charge in [-0.15, -0.1) is 21.5 Å². The van der Waals surface area contributed by atoms with E-state index in [0.29, 0.717) is 40.3 Å². The largest absolute Gasteiger partial charge is 0.494 e. The summed E-state index contributed by atoms with van der Waals surface area (Å²) in [5, 5.41) is 10.3. The van der Waals surface area contributed by atoms with Gasteiger partial charge in [-0.2, -0.15) is 0 Å². The molecular formula is C31H32FN5O5S2. The lowest BCUT2D eigenvalue weighted by molar-refractivity contribution is 0.117. The molecule has 0 unspecified atom stereocenters. The minimum atomic E-state index is -3.90. The van der Waals surface area contributed by atoms with E-state index in [1.165, 1.54) is 37.7 Å². The molecule has 0 amide bonds. The number of rotatable bonds is 14. The Bertz CT molecular complexity index is 1770. The van der Waals surface area contributed by atoms with Crippen molar-refractivity contribution < 1.29 is 27.0 Å². The molecule has 0 aliphatic carbocycles. The first-order valence-electron chi connectivity index (χ1n) is 13.8. The van der Waals surface area contributed by atoms with Gasteiger partial charge in [0.2, 0.25) is 0 Å². The lowest BCUT2D eigenvalue weighted by Gasteiger charge is -2.19. The van der Waals surface area contributed by atoms with E-state index in [1.807, 2.05) is 42.6 Å². The third-order valence-corrected chi connectivity index (χ3v) is 9.96. The van der Waals surface area contributed by atoms with Crippen molar-refractivity contribution in [2.24, 2.45) is 0 Å². The van der Waals surface area contributed by atoms with Gasteiger partial charge in [-0.25, -0.2) is 17.8 Å². The number of methoxy groups -OCH3 is 2. The Morgan fingerprint density at radius 1 is 0.977 bits per heavy atom. The summed E-state index contributed by atoms with van der Waals surface area (Å²) in [6, 6.07) is 17.7. The molecule has 0 bridgehead atoms. The quantitative estimate of drug-likeness (QED) is 0.148. The van der Waals surface area contributed by atoms with E-state index in [0.717, 1.165) is 17.5 Å². The number of aryl methyl sites for hydroxylation is 1. The fraction of sp³-hybridized carbons (Fsp3) is 0.290. The predicted molar refractivity (Wildman–Crippen MR) is 165 cm³/mol. The SMILES string of the molecule is COc1cccc(OC)c1-n1c(CS(=O)(=O)[C@H](CCOCc2ccccc2)Cc2ccc(F)cn2)nnc1-c1nc(C)cs1. The molecule has 0 aliphatic heterocycles. The fourth-order valence-electron chi connectivity index (χ4n) is 4.74. The molecule has 5 aromatic rings. The molecule has 0 aliphatic rings. The molecule has 0 radical (unpaired) electrons. The number of hydrogen-bond acceptors (Lipinski definition) is 10. The number of aromatic nitrogens is 5. The second-order valence-corrected chi connectivity index (χ2v) is 13.1. The zero-order valence-corrected chi connectivity index (χ0v) is 26.1. The third kappa shape index (κ3) is 7.29. The highest BCUT2D eigenvalue weighted by Crippen LogP contribution is 2.37. The lowest BCUT2D eigenvalue weighted by Crippen LogP contribution is -2.28. The van der Waals surface area contributed by atoms with Gasteiger partial charge in [0.25, 0.3) is 0 Å². The van der Waals surface area contributed by atoms with Gasteiger partial charge in [-0.05, 0) is 43.2 Å². The molecule has 0 N–H and O–H groups in total. The van der Waals surface area contributed by atoms with E-state index < -0.39 is 26.7 Å². The Hall–Kier alpha value is -4.20. The van der Waals surface area contributed by atoms with Gasteiger partial charge in [0.15, 0.2) is 26.5 Å². The molecule has 10 nitrogen and oxygen atoms in total. The molecule has 2 aromatic carbocycles. The highest BCUT2D eigenvalue weighted by atomic mass is 32.2. The van der Waals surface area contributed by atoms with Crippen LogP contribution >= 0.6 is 11.3 Å². The number of halogens is 1. The van der Waals surface area contributed by atoms with Crippen molar-refractivity contribution in [2.75, 3.05) is 20.8 Å². The molecular weight excluding hydrogens is 606 g/mol. The molecule has 230 valence electrons. The van der Waals surface area contributed by atoms with Crippen molar-refractivity contribution in [1.82, 2.24) is 24.7 Å². The van der Waals surface area contributed by atoms with Crippen LogP contribution in [0.1, 0.15) is 29.2 Å². The van der Waals surface area contributed by atoms with Gasteiger partial charge in [-0.3, -0.25) is 9.55 Å². The minimum Gasteiger partial charge on any atom is -0.494 e. The average molecular weight is 638 g/mol. The first kappa shape index (κ1) is 31.2. The highest BCUT2D eigenvalue weighted by molar-refractivity contribution is 7.91. The first-order chi connectivity index (χ1) is 21.3. The maximum Gasteiger partial charge on any atom is 0.197 e. The summed E-state index contributed by atoms with van der Waals surface area (Å²) >= 11 is 1.37. The van der Waals surface area contributed by atoms with Gasteiger partial charge in [0, 0.05) is 29.8 Å². The number of benzene rings is 2. The first-order valence-corrected chi connectivity index (χ1v) is 16.4. The van der Waals surface area contributed by atoms with Gasteiger partial charge in [0.05, 0.1) is 32.3 Å². The number of ether oxygens (including phenoxy) is 3. The highest BCUT2D eigenvalue weighted by Gasteiger charge is 2.32. The van der Waals surface area contributed by atoms with Crippen LogP contribution in [0.4, 0.5) is 4.39 Å². The molecule has 5 rings (SSSR count). The number of hydrogen-bond donors (Lipinski definition) is 0. The van der Waals surface area contributed by atoms with Crippen LogP contribution < -0.4 is 9.47 Å². The maximum atomic E-state index is 14.2. The Labute approximate surface area is 259 Å². The number of para-hydroxylation sites is 1. The Morgan fingerprint density at radius 3 is 2.36 bits per heavy atom. The van der Waals surface area contributed by atoms with E-state index in [2.05, 4.69) is 20.2 Å². The monoisotopic (exact) mass is 637 g/mol. The summed E-state index contributed by atoms with van der Waals surface area (Å²) in [4.78, 5) is 8.69. The number of nitrogens with zero attached hydrogens (tertiary/aromatic N) is 5. The zero-order chi connectivity index (χ0) is 31.1. The fourth-order valence-corrected chi connectivity index (χ4v) is 7.17. The zero-order valence-electron chi connectivity index (χ0n) is 24.5. The molecule has 3 heterocycles. The summed E-state index contributed by atoms with van der Waals surface area (Å²) in [5.41, 5.74) is 2.69. The van der Waals surface area contributed by atoms with Crippen LogP contribution in [-0.2, 0) is 33.4 Å². The van der Waals surface area contributed by atoms with E-state index in [-0.39, 0.29) is 25.3 Å². The van der Waals surface area contributed by atoms with Crippen molar-refractivity contribution in [1.29, 1.82) is 0 Å². The third-order valence-electron chi connectivity index (χ3n) is 6.93. The van der Waals surface area contributed by atoms with E-state index in [9.17, 15) is 12.8 Å². The van der Waals surface area contributed by atoms with Crippen LogP contribution in [0.15, 0.2) is 72.2 Å². The molecule has 3 aromatic heterocycles. The van der Waals surface area contributed by atoms with E-state index in [1.54, 1.807) is 22.8 Å². The molecule has 44 heavy (non-hydrogen) atoms. The second-order valence-electron chi connectivity index (χ2n) is 10.0. The van der Waals surface area contributed by atoms with Crippen molar-refractivity contribution >= 4 is 21.2 Å². The summed E-state index contributed by atoms with van der Waals surface area (Å²) in [6.07, 6.45) is 1.35. The normalized spacial score (nSPS) is 12.3. The molecule has 0 saturated carbocycles. The van der Waals surface area contributed by atoms with Gasteiger partial charge in [-0.1, -0.05) is 36.4 Å². The van der Waals surface area contributed by atoms with Gasteiger partial charge >= 0.3 is 0 Å². The van der Waals surface area contributed by atoms with Crippen molar-refractivity contribution in [3.8, 4) is 28.0 Å². The number of pyridine rings is 1. The van der Waals surface area contributed by atoms with Crippen molar-refractivity contribution in [2.45, 2.75) is 37.4 Å². The molecule has 0 fully saturated rings. The van der Waals surface area contributed by atoms with Crippen LogP contribution in [0, 0.1) is 12.7 Å². The summed E-state index contributed by atoms with van der Waals surface area (Å²) < 4.78 is 60.7. The van der Waals surface area contributed by atoms with Crippen LogP contribution in [0.3, 0.4) is 0 Å². The summed E-state index contributed by atoms with van der Waals surface area (Å²) in [5.74, 6) is 0.466. The topological polar surface area (TPSA) is 118 Å². The summed E-state index contributed by atoms with van der Waals surface area (Å²) in [6.45, 7) is 2.40. The molecule has 0 saturated heterocycles. The van der Waals surface area contributed by atoms with E-state index >= 15 is 0 Å². The maximum absolute atomic E-state index is 14.2. The molecule has 0 spiro atoms. The lowest BCUT2D eigenvalue weighted by atomic mass is 10.2. The van der Waals surface area contributed by atoms with E-state index in [4.69, 9.17) is 14.2 Å². The Morgan fingerprint density at radius 2 is 1.73 bits per heavy atom. The van der Waals surface area contributed by atoms with Crippen LogP contribution in [-0.4, -0.2) is 59.2 Å².